The third-order valence-electron chi connectivity index (χ3n) is 3.86. The normalized spacial score (nSPS) is 11.7. The highest BCUT2D eigenvalue weighted by Crippen LogP contribution is 2.18. The first kappa shape index (κ1) is 19.5. The molecular weight excluding hydrogens is 336 g/mol. The number of hydrogen-bond acceptors (Lipinski definition) is 6. The van der Waals surface area contributed by atoms with Crippen LogP contribution in [0.15, 0.2) is 28.8 Å². The molecule has 1 aromatic heterocycles. The van der Waals surface area contributed by atoms with Crippen molar-refractivity contribution in [1.29, 1.82) is 0 Å². The zero-order chi connectivity index (χ0) is 19.1. The first-order chi connectivity index (χ1) is 12.4. The van der Waals surface area contributed by atoms with Gasteiger partial charge in [-0.3, -0.25) is 9.59 Å². The van der Waals surface area contributed by atoms with Crippen LogP contribution < -0.4 is 10.1 Å². The molecule has 0 aliphatic carbocycles. The van der Waals surface area contributed by atoms with Crippen molar-refractivity contribution in [2.24, 2.45) is 0 Å². The summed E-state index contributed by atoms with van der Waals surface area (Å²) in [5.74, 6) is 0.665. The summed E-state index contributed by atoms with van der Waals surface area (Å²) >= 11 is 0. The van der Waals surface area contributed by atoms with Crippen LogP contribution in [0.4, 0.5) is 0 Å². The quantitative estimate of drug-likeness (QED) is 0.727. The molecule has 0 bridgehead atoms. The first-order valence-corrected chi connectivity index (χ1v) is 8.51. The fraction of sp³-hybridized carbons (Fsp3) is 0.421. The van der Waals surface area contributed by atoms with Gasteiger partial charge >= 0.3 is 5.97 Å². The number of aryl methyl sites for hydroxylation is 2. The van der Waals surface area contributed by atoms with E-state index in [9.17, 15) is 9.59 Å². The zero-order valence-corrected chi connectivity index (χ0v) is 15.5. The number of ether oxygens (including phenoxy) is 2. The van der Waals surface area contributed by atoms with Crippen LogP contribution in [0.2, 0.25) is 0 Å². The highest BCUT2D eigenvalue weighted by Gasteiger charge is 2.17. The number of nitrogens with zero attached hydrogens (tertiary/aromatic N) is 1. The summed E-state index contributed by atoms with van der Waals surface area (Å²) in [6.45, 7) is 7.93. The van der Waals surface area contributed by atoms with Gasteiger partial charge in [0.2, 0.25) is 0 Å². The monoisotopic (exact) mass is 360 g/mol. The van der Waals surface area contributed by atoms with Crippen LogP contribution >= 0.6 is 0 Å². The van der Waals surface area contributed by atoms with Gasteiger partial charge in [-0.25, -0.2) is 0 Å². The summed E-state index contributed by atoms with van der Waals surface area (Å²) in [4.78, 5) is 23.5. The summed E-state index contributed by atoms with van der Waals surface area (Å²) in [5, 5.41) is 6.50. The second-order valence-electron chi connectivity index (χ2n) is 5.94. The molecule has 7 heteroatoms. The lowest BCUT2D eigenvalue weighted by molar-refractivity contribution is -0.154. The van der Waals surface area contributed by atoms with Crippen molar-refractivity contribution in [2.75, 3.05) is 6.54 Å². The van der Waals surface area contributed by atoms with Crippen LogP contribution in [-0.4, -0.2) is 29.7 Å². The molecule has 2 rings (SSSR count). The highest BCUT2D eigenvalue weighted by atomic mass is 16.5. The molecule has 1 aromatic carbocycles. The second-order valence-corrected chi connectivity index (χ2v) is 5.94. The number of carbonyl (C=O) groups is 2. The van der Waals surface area contributed by atoms with Gasteiger partial charge in [0, 0.05) is 6.54 Å². The van der Waals surface area contributed by atoms with E-state index >= 15 is 0 Å². The van der Waals surface area contributed by atoms with E-state index in [0.717, 1.165) is 22.6 Å². The first-order valence-electron chi connectivity index (χ1n) is 8.51. The van der Waals surface area contributed by atoms with Crippen LogP contribution in [0.5, 0.6) is 5.75 Å². The predicted octanol–water partition coefficient (Wildman–Crippen LogP) is 2.48. The van der Waals surface area contributed by atoms with E-state index in [0.29, 0.717) is 18.9 Å². The Morgan fingerprint density at radius 1 is 1.23 bits per heavy atom. The lowest BCUT2D eigenvalue weighted by Gasteiger charge is -2.12. The summed E-state index contributed by atoms with van der Waals surface area (Å²) < 4.78 is 15.9. The Hall–Kier alpha value is -2.83. The van der Waals surface area contributed by atoms with Gasteiger partial charge in [-0.15, -0.1) is 0 Å². The smallest absolute Gasteiger partial charge is 0.311 e. The Balaban J connectivity index is 1.85. The number of rotatable bonds is 8. The lowest BCUT2D eigenvalue weighted by Crippen LogP contribution is -2.35. The van der Waals surface area contributed by atoms with E-state index in [4.69, 9.17) is 14.0 Å². The minimum Gasteiger partial charge on any atom is -0.489 e. The maximum Gasteiger partial charge on any atom is 0.311 e. The Morgan fingerprint density at radius 3 is 2.50 bits per heavy atom. The third kappa shape index (κ3) is 5.34. The number of amides is 1. The van der Waals surface area contributed by atoms with Crippen LogP contribution in [0.1, 0.15) is 36.4 Å². The molecule has 0 saturated carbocycles. The number of benzene rings is 1. The molecule has 26 heavy (non-hydrogen) atoms. The molecule has 0 spiro atoms. The molecule has 2 aromatic rings. The fourth-order valence-electron chi connectivity index (χ4n) is 2.34. The molecule has 0 aliphatic rings. The van der Waals surface area contributed by atoms with Crippen molar-refractivity contribution >= 4 is 11.9 Å². The van der Waals surface area contributed by atoms with Crippen molar-refractivity contribution in [2.45, 2.75) is 46.8 Å². The molecule has 7 nitrogen and oxygen atoms in total. The number of hydrogen-bond donors (Lipinski definition) is 1. The maximum absolute atomic E-state index is 11.9. The van der Waals surface area contributed by atoms with Gasteiger partial charge in [0.25, 0.3) is 5.91 Å². The van der Waals surface area contributed by atoms with Crippen molar-refractivity contribution in [3.63, 3.8) is 0 Å². The Morgan fingerprint density at radius 2 is 1.92 bits per heavy atom. The Kier molecular flexibility index (Phi) is 6.77. The van der Waals surface area contributed by atoms with E-state index in [1.54, 1.807) is 31.2 Å². The second kappa shape index (κ2) is 9.03. The average Bonchev–Trinajstić information content (AvgIpc) is 2.92. The molecule has 0 fully saturated rings. The molecule has 1 N–H and O–H groups in total. The minimum absolute atomic E-state index is 0.0912. The summed E-state index contributed by atoms with van der Waals surface area (Å²) in [7, 11) is 0. The van der Waals surface area contributed by atoms with Gasteiger partial charge in [-0.2, -0.15) is 0 Å². The molecule has 0 saturated heterocycles. The number of carbonyl (C=O) groups excluding carboxylic acids is 2. The van der Waals surface area contributed by atoms with Crippen LogP contribution in [-0.2, 0) is 27.4 Å². The van der Waals surface area contributed by atoms with E-state index in [2.05, 4.69) is 10.5 Å². The van der Waals surface area contributed by atoms with Crippen LogP contribution in [0, 0.1) is 13.8 Å². The Labute approximate surface area is 152 Å². The maximum atomic E-state index is 11.9. The van der Waals surface area contributed by atoms with Gasteiger partial charge in [-0.05, 0) is 45.4 Å². The van der Waals surface area contributed by atoms with Gasteiger partial charge in [0.1, 0.15) is 18.1 Å². The van der Waals surface area contributed by atoms with E-state index in [-0.39, 0.29) is 12.3 Å². The molecular formula is C19H24N2O5. The molecule has 1 atom stereocenters. The van der Waals surface area contributed by atoms with Crippen molar-refractivity contribution in [1.82, 2.24) is 10.5 Å². The number of nitrogens with one attached hydrogen (secondary N) is 1. The zero-order valence-electron chi connectivity index (χ0n) is 15.5. The van der Waals surface area contributed by atoms with Gasteiger partial charge < -0.3 is 19.3 Å². The number of aromatic nitrogens is 1. The molecule has 1 heterocycles. The highest BCUT2D eigenvalue weighted by molar-refractivity contribution is 5.83. The minimum atomic E-state index is -0.805. The van der Waals surface area contributed by atoms with Crippen molar-refractivity contribution in [3.8, 4) is 5.75 Å². The molecule has 0 aliphatic heterocycles. The van der Waals surface area contributed by atoms with Gasteiger partial charge in [0.15, 0.2) is 6.10 Å². The lowest BCUT2D eigenvalue weighted by atomic mass is 10.1. The molecule has 0 unspecified atom stereocenters. The largest absolute Gasteiger partial charge is 0.489 e. The van der Waals surface area contributed by atoms with Gasteiger partial charge in [0.05, 0.1) is 17.7 Å². The average molecular weight is 360 g/mol. The van der Waals surface area contributed by atoms with Crippen molar-refractivity contribution in [3.05, 3.63) is 46.8 Å². The molecule has 1 amide bonds. The van der Waals surface area contributed by atoms with E-state index < -0.39 is 12.1 Å². The summed E-state index contributed by atoms with van der Waals surface area (Å²) in [6.07, 6.45) is -0.714. The van der Waals surface area contributed by atoms with E-state index in [1.165, 1.54) is 0 Å². The molecule has 0 radical (unpaired) electrons. The fourth-order valence-corrected chi connectivity index (χ4v) is 2.34. The topological polar surface area (TPSA) is 90.7 Å². The third-order valence-corrected chi connectivity index (χ3v) is 3.86. The van der Waals surface area contributed by atoms with Crippen LogP contribution in [0.3, 0.4) is 0 Å². The molecule has 140 valence electrons. The van der Waals surface area contributed by atoms with Gasteiger partial charge in [-0.1, -0.05) is 17.3 Å². The van der Waals surface area contributed by atoms with Crippen molar-refractivity contribution < 1.29 is 23.6 Å². The van der Waals surface area contributed by atoms with E-state index in [1.807, 2.05) is 20.8 Å². The number of esters is 1. The SMILES string of the molecule is CCNC(=O)[C@H](C)OC(=O)Cc1ccc(OCc2c(C)noc2C)cc1. The standard InChI is InChI=1S/C19H24N2O5/c1-5-20-19(23)14(4)25-18(22)10-15-6-8-16(9-7-15)24-11-17-12(2)21-26-13(17)3/h6-9,14H,5,10-11H2,1-4H3,(H,20,23)/t14-/m0/s1. The number of likely N-dealkylation sites (N-methyl/N-ethyl adjacent to an activating group) is 1. The van der Waals surface area contributed by atoms with Crippen LogP contribution in [0.25, 0.3) is 0 Å². The summed E-state index contributed by atoms with van der Waals surface area (Å²) in [6, 6.07) is 7.16. The predicted molar refractivity (Wildman–Crippen MR) is 94.7 cm³/mol. The summed E-state index contributed by atoms with van der Waals surface area (Å²) in [5.41, 5.74) is 2.52. The Bertz CT molecular complexity index is 732.